The van der Waals surface area contributed by atoms with Gasteiger partial charge in [0, 0.05) is 31.9 Å². The second kappa shape index (κ2) is 6.76. The van der Waals surface area contributed by atoms with Gasteiger partial charge in [0.1, 0.15) is 10.8 Å². The van der Waals surface area contributed by atoms with Crippen LogP contribution in [0.3, 0.4) is 0 Å². The molecule has 0 atom stereocenters. The van der Waals surface area contributed by atoms with Crippen molar-refractivity contribution in [2.75, 3.05) is 38.2 Å². The molecule has 118 valence electrons. The van der Waals surface area contributed by atoms with Crippen LogP contribution in [0.25, 0.3) is 0 Å². The number of ether oxygens (including phenoxy) is 1. The summed E-state index contributed by atoms with van der Waals surface area (Å²) in [7, 11) is 1.69. The van der Waals surface area contributed by atoms with Crippen LogP contribution in [0.15, 0.2) is 24.3 Å². The van der Waals surface area contributed by atoms with Gasteiger partial charge in [0.25, 0.3) is 0 Å². The van der Waals surface area contributed by atoms with Crippen LogP contribution < -0.4 is 9.64 Å². The van der Waals surface area contributed by atoms with Gasteiger partial charge in [-0.05, 0) is 43.4 Å². The molecule has 22 heavy (non-hydrogen) atoms. The minimum atomic E-state index is 0.791. The number of aromatic nitrogens is 2. The van der Waals surface area contributed by atoms with Gasteiger partial charge < -0.3 is 9.64 Å². The maximum atomic E-state index is 5.33. The number of rotatable bonds is 4. The number of anilines is 1. The van der Waals surface area contributed by atoms with Gasteiger partial charge in [-0.1, -0.05) is 11.3 Å². The molecule has 1 aliphatic heterocycles. The minimum Gasteiger partial charge on any atom is -0.497 e. The molecule has 0 saturated carbocycles. The summed E-state index contributed by atoms with van der Waals surface area (Å²) >= 11 is 6.91. The molecule has 1 fully saturated rings. The van der Waals surface area contributed by atoms with Crippen molar-refractivity contribution in [3.63, 3.8) is 0 Å². The number of hydrogen-bond donors (Lipinski definition) is 0. The van der Waals surface area contributed by atoms with Crippen LogP contribution in [0.4, 0.5) is 5.69 Å². The SMILES string of the molecule is COc1ccc(N2CCN(Cn3nc(C)sc3=S)CC2)cc1. The van der Waals surface area contributed by atoms with Crippen molar-refractivity contribution < 1.29 is 4.74 Å². The topological polar surface area (TPSA) is 33.5 Å². The average Bonchev–Trinajstić information content (AvgIpc) is 2.86. The summed E-state index contributed by atoms with van der Waals surface area (Å²) in [5, 5.41) is 5.49. The Balaban J connectivity index is 1.57. The van der Waals surface area contributed by atoms with Crippen molar-refractivity contribution >= 4 is 29.2 Å². The summed E-state index contributed by atoms with van der Waals surface area (Å²) in [5.74, 6) is 0.899. The molecule has 1 aromatic carbocycles. The van der Waals surface area contributed by atoms with Crippen molar-refractivity contribution in [1.82, 2.24) is 14.7 Å². The Labute approximate surface area is 139 Å². The van der Waals surface area contributed by atoms with Gasteiger partial charge >= 0.3 is 0 Å². The Kier molecular flexibility index (Phi) is 4.75. The Morgan fingerprint density at radius 2 is 1.86 bits per heavy atom. The molecule has 1 saturated heterocycles. The van der Waals surface area contributed by atoms with E-state index in [2.05, 4.69) is 27.0 Å². The largest absolute Gasteiger partial charge is 0.497 e. The van der Waals surface area contributed by atoms with E-state index < -0.39 is 0 Å². The normalized spacial score (nSPS) is 16.0. The molecule has 0 unspecified atom stereocenters. The van der Waals surface area contributed by atoms with Crippen LogP contribution >= 0.6 is 23.6 Å². The van der Waals surface area contributed by atoms with Gasteiger partial charge in [0.2, 0.25) is 0 Å². The number of piperazine rings is 1. The molecule has 0 aliphatic carbocycles. The molecule has 0 radical (unpaired) electrons. The van der Waals surface area contributed by atoms with E-state index in [-0.39, 0.29) is 0 Å². The van der Waals surface area contributed by atoms with Crippen LogP contribution in [-0.2, 0) is 6.67 Å². The molecule has 0 bridgehead atoms. The molecule has 7 heteroatoms. The summed E-state index contributed by atoms with van der Waals surface area (Å²) in [6.45, 7) is 6.86. The van der Waals surface area contributed by atoms with E-state index in [0.29, 0.717) is 0 Å². The van der Waals surface area contributed by atoms with Crippen LogP contribution in [0, 0.1) is 10.9 Å². The molecule has 1 aliphatic rings. The van der Waals surface area contributed by atoms with Crippen LogP contribution in [0.5, 0.6) is 5.75 Å². The van der Waals surface area contributed by atoms with Crippen molar-refractivity contribution in [1.29, 1.82) is 0 Å². The summed E-state index contributed by atoms with van der Waals surface area (Å²) in [5.41, 5.74) is 1.25. The zero-order valence-electron chi connectivity index (χ0n) is 12.9. The third-order valence-corrected chi connectivity index (χ3v) is 5.07. The second-order valence-corrected chi connectivity index (χ2v) is 7.16. The predicted octanol–water partition coefficient (Wildman–Crippen LogP) is 2.77. The lowest BCUT2D eigenvalue weighted by molar-refractivity contribution is 0.195. The summed E-state index contributed by atoms with van der Waals surface area (Å²) in [6, 6.07) is 8.26. The van der Waals surface area contributed by atoms with Crippen LogP contribution in [-0.4, -0.2) is 48.0 Å². The number of nitrogens with zero attached hydrogens (tertiary/aromatic N) is 4. The molecule has 0 spiro atoms. The monoisotopic (exact) mass is 336 g/mol. The molecule has 2 heterocycles. The van der Waals surface area contributed by atoms with Crippen molar-refractivity contribution in [2.24, 2.45) is 0 Å². The van der Waals surface area contributed by atoms with Crippen LogP contribution in [0.2, 0.25) is 0 Å². The number of benzene rings is 1. The summed E-state index contributed by atoms with van der Waals surface area (Å²) in [4.78, 5) is 4.80. The zero-order valence-corrected chi connectivity index (χ0v) is 14.5. The first kappa shape index (κ1) is 15.5. The van der Waals surface area contributed by atoms with Gasteiger partial charge in [0.05, 0.1) is 13.8 Å². The molecule has 5 nitrogen and oxygen atoms in total. The highest BCUT2D eigenvalue weighted by molar-refractivity contribution is 7.73. The van der Waals surface area contributed by atoms with E-state index in [1.54, 1.807) is 18.4 Å². The fourth-order valence-corrected chi connectivity index (χ4v) is 3.69. The Hall–Kier alpha value is -1.44. The third-order valence-electron chi connectivity index (χ3n) is 3.85. The Morgan fingerprint density at radius 3 is 2.41 bits per heavy atom. The molecule has 0 amide bonds. The quantitative estimate of drug-likeness (QED) is 0.802. The number of hydrogen-bond acceptors (Lipinski definition) is 6. The van der Waals surface area contributed by atoms with Gasteiger partial charge in [-0.2, -0.15) is 5.10 Å². The molecule has 1 aromatic heterocycles. The standard InChI is InChI=1S/C15H20N4OS2/c1-12-16-19(15(21)22-12)11-17-7-9-18(10-8-17)13-3-5-14(20-2)6-4-13/h3-6H,7-11H2,1-2H3. The maximum absolute atomic E-state index is 5.33. The molecular formula is C15H20N4OS2. The van der Waals surface area contributed by atoms with Crippen molar-refractivity contribution in [2.45, 2.75) is 13.6 Å². The van der Waals surface area contributed by atoms with E-state index in [4.69, 9.17) is 17.0 Å². The molecular weight excluding hydrogens is 316 g/mol. The fraction of sp³-hybridized carbons (Fsp3) is 0.467. The zero-order chi connectivity index (χ0) is 15.5. The fourth-order valence-electron chi connectivity index (χ4n) is 2.63. The van der Waals surface area contributed by atoms with Crippen molar-refractivity contribution in [3.8, 4) is 5.75 Å². The predicted molar refractivity (Wildman–Crippen MR) is 92.5 cm³/mol. The van der Waals surface area contributed by atoms with Gasteiger partial charge in [-0.3, -0.25) is 4.90 Å². The van der Waals surface area contributed by atoms with E-state index in [0.717, 1.165) is 47.6 Å². The average molecular weight is 336 g/mol. The molecule has 2 aromatic rings. The first-order chi connectivity index (χ1) is 10.7. The van der Waals surface area contributed by atoms with E-state index in [1.165, 1.54) is 5.69 Å². The third kappa shape index (κ3) is 3.48. The maximum Gasteiger partial charge on any atom is 0.180 e. The highest BCUT2D eigenvalue weighted by atomic mass is 32.1. The van der Waals surface area contributed by atoms with Crippen molar-refractivity contribution in [3.05, 3.63) is 33.2 Å². The smallest absolute Gasteiger partial charge is 0.180 e. The van der Waals surface area contributed by atoms with E-state index in [1.807, 2.05) is 23.7 Å². The highest BCUT2D eigenvalue weighted by Gasteiger charge is 2.18. The number of methoxy groups -OCH3 is 1. The lowest BCUT2D eigenvalue weighted by atomic mass is 10.2. The molecule has 3 rings (SSSR count). The Bertz CT molecular complexity index is 672. The lowest BCUT2D eigenvalue weighted by Gasteiger charge is -2.35. The first-order valence-electron chi connectivity index (χ1n) is 7.31. The number of aryl methyl sites for hydroxylation is 1. The first-order valence-corrected chi connectivity index (χ1v) is 8.54. The second-order valence-electron chi connectivity index (χ2n) is 5.33. The molecule has 0 N–H and O–H groups in total. The lowest BCUT2D eigenvalue weighted by Crippen LogP contribution is -2.46. The van der Waals surface area contributed by atoms with Gasteiger partial charge in [-0.25, -0.2) is 4.68 Å². The van der Waals surface area contributed by atoms with Gasteiger partial charge in [0.15, 0.2) is 3.95 Å². The van der Waals surface area contributed by atoms with E-state index in [9.17, 15) is 0 Å². The van der Waals surface area contributed by atoms with E-state index >= 15 is 0 Å². The minimum absolute atomic E-state index is 0.791. The Morgan fingerprint density at radius 1 is 1.18 bits per heavy atom. The summed E-state index contributed by atoms with van der Waals surface area (Å²) in [6.07, 6.45) is 0. The summed E-state index contributed by atoms with van der Waals surface area (Å²) < 4.78 is 7.99. The highest BCUT2D eigenvalue weighted by Crippen LogP contribution is 2.20. The van der Waals surface area contributed by atoms with Gasteiger partial charge in [-0.15, -0.1) is 0 Å². The van der Waals surface area contributed by atoms with Crippen LogP contribution in [0.1, 0.15) is 5.01 Å².